The maximum absolute atomic E-state index is 8.84. The molecule has 0 aliphatic rings. The second kappa shape index (κ2) is 5.34. The quantitative estimate of drug-likeness (QED) is 0.887. The number of benzene rings is 1. The summed E-state index contributed by atoms with van der Waals surface area (Å²) in [5.74, 6) is 1.30. The Hall–Kier alpha value is -2.32. The van der Waals surface area contributed by atoms with Crippen molar-refractivity contribution in [2.45, 2.75) is 0 Å². The van der Waals surface area contributed by atoms with Gasteiger partial charge in [0.15, 0.2) is 0 Å². The Kier molecular flexibility index (Phi) is 3.60. The summed E-state index contributed by atoms with van der Waals surface area (Å²) in [4.78, 5) is 8.08. The van der Waals surface area contributed by atoms with Gasteiger partial charge in [-0.3, -0.25) is 0 Å². The van der Waals surface area contributed by atoms with Crippen LogP contribution in [-0.2, 0) is 0 Å². The average Bonchev–Trinajstić information content (AvgIpc) is 2.41. The zero-order valence-electron chi connectivity index (χ0n) is 9.61. The molecule has 2 rings (SSSR count). The molecule has 0 aliphatic carbocycles. The van der Waals surface area contributed by atoms with Crippen molar-refractivity contribution >= 4 is 28.9 Å². The first kappa shape index (κ1) is 12.1. The summed E-state index contributed by atoms with van der Waals surface area (Å²) < 4.78 is 0. The number of anilines is 3. The lowest BCUT2D eigenvalue weighted by atomic mass is 10.2. The normalized spacial score (nSPS) is 9.61. The van der Waals surface area contributed by atoms with Gasteiger partial charge in [0.1, 0.15) is 18.0 Å². The highest BCUT2D eigenvalue weighted by atomic mass is 35.5. The first-order chi connectivity index (χ1) is 8.72. The zero-order valence-corrected chi connectivity index (χ0v) is 10.4. The lowest BCUT2D eigenvalue weighted by molar-refractivity contribution is 1.16. The van der Waals surface area contributed by atoms with Gasteiger partial charge in [-0.05, 0) is 18.2 Å². The fourth-order valence-corrected chi connectivity index (χ4v) is 1.56. The van der Waals surface area contributed by atoms with Gasteiger partial charge in [0.25, 0.3) is 0 Å². The molecule has 2 aromatic rings. The van der Waals surface area contributed by atoms with Crippen LogP contribution in [0, 0.1) is 11.3 Å². The van der Waals surface area contributed by atoms with Crippen LogP contribution in [0.1, 0.15) is 5.56 Å². The van der Waals surface area contributed by atoms with Crippen molar-refractivity contribution in [3.8, 4) is 6.07 Å². The lowest BCUT2D eigenvalue weighted by Gasteiger charge is -2.08. The van der Waals surface area contributed by atoms with Crippen LogP contribution in [0.2, 0.25) is 5.02 Å². The lowest BCUT2D eigenvalue weighted by Crippen LogP contribution is -1.98. The maximum atomic E-state index is 8.84. The largest absolute Gasteiger partial charge is 0.373 e. The van der Waals surface area contributed by atoms with E-state index >= 15 is 0 Å². The third-order valence-corrected chi connectivity index (χ3v) is 2.61. The van der Waals surface area contributed by atoms with Crippen LogP contribution in [0.15, 0.2) is 30.6 Å². The molecular formula is C12H10ClN5. The minimum Gasteiger partial charge on any atom is -0.373 e. The van der Waals surface area contributed by atoms with E-state index < -0.39 is 0 Å². The summed E-state index contributed by atoms with van der Waals surface area (Å²) in [6.07, 6.45) is 1.44. The topological polar surface area (TPSA) is 73.6 Å². The molecule has 0 radical (unpaired) electrons. The first-order valence-corrected chi connectivity index (χ1v) is 5.57. The van der Waals surface area contributed by atoms with E-state index in [2.05, 4.69) is 26.7 Å². The second-order valence-electron chi connectivity index (χ2n) is 3.47. The Balaban J connectivity index is 2.30. The fraction of sp³-hybridized carbons (Fsp3) is 0.0833. The fourth-order valence-electron chi connectivity index (χ4n) is 1.39. The number of hydrogen-bond acceptors (Lipinski definition) is 5. The predicted octanol–water partition coefficient (Wildman–Crippen LogP) is 2.79. The monoisotopic (exact) mass is 259 g/mol. The van der Waals surface area contributed by atoms with Crippen molar-refractivity contribution < 1.29 is 0 Å². The molecule has 0 fully saturated rings. The Labute approximate surface area is 109 Å². The van der Waals surface area contributed by atoms with Crippen molar-refractivity contribution in [3.05, 3.63) is 41.2 Å². The molecule has 90 valence electrons. The summed E-state index contributed by atoms with van der Waals surface area (Å²) in [7, 11) is 1.77. The van der Waals surface area contributed by atoms with E-state index in [1.54, 1.807) is 31.3 Å². The number of hydrogen-bond donors (Lipinski definition) is 2. The highest BCUT2D eigenvalue weighted by Crippen LogP contribution is 2.26. The van der Waals surface area contributed by atoms with Gasteiger partial charge in [0.2, 0.25) is 0 Å². The molecule has 0 aliphatic heterocycles. The van der Waals surface area contributed by atoms with Gasteiger partial charge >= 0.3 is 0 Å². The van der Waals surface area contributed by atoms with Crippen molar-refractivity contribution in [1.29, 1.82) is 5.26 Å². The van der Waals surface area contributed by atoms with Crippen LogP contribution in [0.4, 0.5) is 17.3 Å². The number of nitrogens with one attached hydrogen (secondary N) is 2. The van der Waals surface area contributed by atoms with Gasteiger partial charge in [0, 0.05) is 13.1 Å². The number of halogens is 1. The van der Waals surface area contributed by atoms with Crippen molar-refractivity contribution in [3.63, 3.8) is 0 Å². The molecule has 0 amide bonds. The van der Waals surface area contributed by atoms with E-state index in [1.165, 1.54) is 6.33 Å². The second-order valence-corrected chi connectivity index (χ2v) is 3.88. The Bertz CT molecular complexity index is 606. The van der Waals surface area contributed by atoms with Crippen LogP contribution in [0.5, 0.6) is 0 Å². The molecule has 0 atom stereocenters. The molecule has 1 aromatic carbocycles. The van der Waals surface area contributed by atoms with Gasteiger partial charge in [-0.1, -0.05) is 11.6 Å². The molecular weight excluding hydrogens is 250 g/mol. The Morgan fingerprint density at radius 3 is 2.72 bits per heavy atom. The zero-order chi connectivity index (χ0) is 13.0. The highest BCUT2D eigenvalue weighted by Gasteiger charge is 2.04. The molecule has 18 heavy (non-hydrogen) atoms. The third-order valence-electron chi connectivity index (χ3n) is 2.28. The number of rotatable bonds is 3. The van der Waals surface area contributed by atoms with E-state index in [4.69, 9.17) is 16.9 Å². The maximum Gasteiger partial charge on any atom is 0.135 e. The molecule has 1 heterocycles. The van der Waals surface area contributed by atoms with Gasteiger partial charge in [0.05, 0.1) is 22.3 Å². The molecule has 5 nitrogen and oxygen atoms in total. The van der Waals surface area contributed by atoms with E-state index in [0.29, 0.717) is 27.9 Å². The van der Waals surface area contributed by atoms with Crippen molar-refractivity contribution in [2.24, 2.45) is 0 Å². The Morgan fingerprint density at radius 2 is 2.00 bits per heavy atom. The van der Waals surface area contributed by atoms with Gasteiger partial charge in [-0.15, -0.1) is 0 Å². The summed E-state index contributed by atoms with van der Waals surface area (Å²) in [5.41, 5.74) is 1.17. The van der Waals surface area contributed by atoms with Crippen LogP contribution >= 0.6 is 11.6 Å². The molecule has 0 saturated heterocycles. The number of nitrogens with zero attached hydrogens (tertiary/aromatic N) is 3. The van der Waals surface area contributed by atoms with Gasteiger partial charge in [-0.2, -0.15) is 5.26 Å². The van der Waals surface area contributed by atoms with Crippen LogP contribution in [0.25, 0.3) is 0 Å². The van der Waals surface area contributed by atoms with Gasteiger partial charge in [-0.25, -0.2) is 9.97 Å². The van der Waals surface area contributed by atoms with E-state index in [0.717, 1.165) is 0 Å². The Morgan fingerprint density at radius 1 is 1.22 bits per heavy atom. The summed E-state index contributed by atoms with van der Waals surface area (Å²) in [5, 5.41) is 15.3. The molecule has 2 N–H and O–H groups in total. The molecule has 1 aromatic heterocycles. The molecule has 0 bridgehead atoms. The first-order valence-electron chi connectivity index (χ1n) is 5.19. The summed E-state index contributed by atoms with van der Waals surface area (Å²) >= 11 is 6.05. The number of nitriles is 1. The van der Waals surface area contributed by atoms with Gasteiger partial charge < -0.3 is 10.6 Å². The summed E-state index contributed by atoms with van der Waals surface area (Å²) in [6.45, 7) is 0. The van der Waals surface area contributed by atoms with Crippen LogP contribution in [0.3, 0.4) is 0 Å². The van der Waals surface area contributed by atoms with Crippen LogP contribution < -0.4 is 10.6 Å². The average molecular weight is 260 g/mol. The van der Waals surface area contributed by atoms with E-state index in [-0.39, 0.29) is 0 Å². The highest BCUT2D eigenvalue weighted by molar-refractivity contribution is 6.33. The molecule has 0 unspecified atom stereocenters. The molecule has 6 heteroatoms. The SMILES string of the molecule is CNc1cc(Nc2cc(C#N)ccc2Cl)ncn1. The van der Waals surface area contributed by atoms with Crippen molar-refractivity contribution in [1.82, 2.24) is 9.97 Å². The summed E-state index contributed by atoms with van der Waals surface area (Å²) in [6, 6.07) is 8.80. The molecule has 0 saturated carbocycles. The van der Waals surface area contributed by atoms with E-state index in [9.17, 15) is 0 Å². The van der Waals surface area contributed by atoms with Crippen molar-refractivity contribution in [2.75, 3.05) is 17.7 Å². The molecule has 0 spiro atoms. The standard InChI is InChI=1S/C12H10ClN5/c1-15-11-5-12(17-7-16-11)18-10-4-8(6-14)2-3-9(10)13/h2-5,7H,1H3,(H2,15,16,17,18). The predicted molar refractivity (Wildman–Crippen MR) is 71.0 cm³/mol. The number of aromatic nitrogens is 2. The minimum absolute atomic E-state index is 0.526. The van der Waals surface area contributed by atoms with Crippen LogP contribution in [-0.4, -0.2) is 17.0 Å². The smallest absolute Gasteiger partial charge is 0.135 e. The van der Waals surface area contributed by atoms with E-state index in [1.807, 2.05) is 0 Å². The minimum atomic E-state index is 0.526. The third kappa shape index (κ3) is 2.67.